The highest BCUT2D eigenvalue weighted by atomic mass is 35.5. The second-order valence-electron chi connectivity index (χ2n) is 9.77. The molecule has 1 saturated carbocycles. The van der Waals surface area contributed by atoms with Crippen molar-refractivity contribution in [2.75, 3.05) is 25.1 Å². The highest BCUT2D eigenvalue weighted by molar-refractivity contribution is 7.53. The van der Waals surface area contributed by atoms with E-state index in [1.165, 1.54) is 4.52 Å². The largest absolute Gasteiger partial charge is 0.393 e. The molecular weight excluding hydrogens is 575 g/mol. The number of hydrogen-bond donors (Lipinski definition) is 7. The number of aliphatic hydroxyl groups excluding tert-OH is 3. The van der Waals surface area contributed by atoms with Gasteiger partial charge < -0.3 is 44.6 Å². The van der Waals surface area contributed by atoms with E-state index in [0.29, 0.717) is 17.0 Å². The van der Waals surface area contributed by atoms with Crippen molar-refractivity contribution in [3.05, 3.63) is 28.9 Å². The fourth-order valence-corrected chi connectivity index (χ4v) is 5.73. The molecule has 2 fully saturated rings. The molecule has 1 saturated heterocycles. The van der Waals surface area contributed by atoms with Crippen molar-refractivity contribution in [1.29, 1.82) is 0 Å². The first-order chi connectivity index (χ1) is 19.1. The lowest BCUT2D eigenvalue weighted by molar-refractivity contribution is -0.126. The Kier molecular flexibility index (Phi) is 8.68. The quantitative estimate of drug-likeness (QED) is 0.129. The predicted octanol–water partition coefficient (Wildman–Crippen LogP) is -0.488. The maximum absolute atomic E-state index is 12.3. The Morgan fingerprint density at radius 1 is 1.25 bits per heavy atom. The van der Waals surface area contributed by atoms with E-state index >= 15 is 0 Å². The van der Waals surface area contributed by atoms with E-state index in [4.69, 9.17) is 25.8 Å². The lowest BCUT2D eigenvalue weighted by atomic mass is 10.1. The molecule has 17 nitrogen and oxygen atoms in total. The fourth-order valence-electron chi connectivity index (χ4n) is 4.88. The maximum atomic E-state index is 12.3. The van der Waals surface area contributed by atoms with Crippen LogP contribution in [0.15, 0.2) is 12.1 Å². The zero-order valence-corrected chi connectivity index (χ0v) is 22.7. The van der Waals surface area contributed by atoms with Gasteiger partial charge >= 0.3 is 7.60 Å². The van der Waals surface area contributed by atoms with Gasteiger partial charge in [0, 0.05) is 6.04 Å². The molecule has 0 aromatic carbocycles. The van der Waals surface area contributed by atoms with Crippen molar-refractivity contribution in [2.24, 2.45) is 0 Å². The van der Waals surface area contributed by atoms with Crippen molar-refractivity contribution in [1.82, 2.24) is 35.2 Å². The molecule has 0 bridgehead atoms. The molecule has 1 unspecified atom stereocenters. The Balaban J connectivity index is 1.31. The minimum atomic E-state index is -5.13. The van der Waals surface area contributed by atoms with Crippen LogP contribution in [0.2, 0.25) is 5.28 Å². The molecule has 2 aliphatic rings. The minimum absolute atomic E-state index is 0.0337. The highest BCUT2D eigenvalue weighted by Gasteiger charge is 2.51. The molecular formula is C21H30ClN8O9P. The third-order valence-corrected chi connectivity index (χ3v) is 8.73. The molecule has 19 heteroatoms. The number of nitrogens with zero attached hydrogens (tertiary/aromatic N) is 6. The summed E-state index contributed by atoms with van der Waals surface area (Å²) < 4.78 is 30.4. The first-order valence-corrected chi connectivity index (χ1v) is 14.5. The lowest BCUT2D eigenvalue weighted by Crippen LogP contribution is -2.45. The van der Waals surface area contributed by atoms with Crippen LogP contribution in [-0.4, -0.2) is 110 Å². The monoisotopic (exact) mass is 604 g/mol. The van der Waals surface area contributed by atoms with Crippen molar-refractivity contribution < 1.29 is 43.9 Å². The number of tetrazole rings is 1. The number of ether oxygens (including phenoxy) is 3. The van der Waals surface area contributed by atoms with Gasteiger partial charge in [-0.25, -0.2) is 4.52 Å². The fraction of sp³-hybridized carbons (Fsp3) is 0.667. The predicted molar refractivity (Wildman–Crippen MR) is 135 cm³/mol. The number of rotatable bonds is 12. The highest BCUT2D eigenvalue weighted by Crippen LogP contribution is 2.51. The summed E-state index contributed by atoms with van der Waals surface area (Å²) in [5.74, 6) is 0.643. The number of aromatic amines is 1. The molecule has 1 aliphatic carbocycles. The van der Waals surface area contributed by atoms with Gasteiger partial charge in [-0.05, 0) is 36.6 Å². The Bertz CT molecular complexity index is 1340. The summed E-state index contributed by atoms with van der Waals surface area (Å²) >= 11 is 6.19. The smallest absolute Gasteiger partial charge is 0.361 e. The van der Waals surface area contributed by atoms with E-state index in [0.717, 1.165) is 25.7 Å². The van der Waals surface area contributed by atoms with E-state index in [2.05, 4.69) is 36.0 Å². The number of halogens is 1. The molecule has 40 heavy (non-hydrogen) atoms. The summed E-state index contributed by atoms with van der Waals surface area (Å²) in [6, 6.07) is 3.64. The average Bonchev–Trinajstić information content (AvgIpc) is 3.71. The average molecular weight is 605 g/mol. The van der Waals surface area contributed by atoms with Crippen molar-refractivity contribution in [3.8, 4) is 0 Å². The zero-order valence-electron chi connectivity index (χ0n) is 21.1. The van der Waals surface area contributed by atoms with Gasteiger partial charge in [0.05, 0.1) is 25.5 Å². The van der Waals surface area contributed by atoms with Crippen LogP contribution >= 0.6 is 19.2 Å². The number of aromatic nitrogens is 7. The standard InChI is InChI=1S/C21H30ClN8O9P/c22-20-24-19(23-11-3-1-2-4-11)13-6-5-12(30(13)27-20)18-17(33)16(32)14(39-18)7-38-21(9-31,40(34,35)36)10-37-8-15-25-28-29-26-15/h5-6,11,14,16-18,31-33H,1-4,7-10H2,(H,23,24,27)(H2,34,35,36)(H,25,26,28,29)/t14-,16-,17-,18+,21?/m1/s1. The summed E-state index contributed by atoms with van der Waals surface area (Å²) in [7, 11) is -5.13. The molecule has 7 N–H and O–H groups in total. The summed E-state index contributed by atoms with van der Waals surface area (Å²) in [5.41, 5.74) is 0.963. The van der Waals surface area contributed by atoms with Crippen LogP contribution in [0.25, 0.3) is 5.52 Å². The van der Waals surface area contributed by atoms with Gasteiger partial charge in [-0.2, -0.15) is 10.2 Å². The normalized spacial score (nSPS) is 25.6. The molecule has 220 valence electrons. The maximum Gasteiger partial charge on any atom is 0.361 e. The lowest BCUT2D eigenvalue weighted by Gasteiger charge is -2.33. The summed E-state index contributed by atoms with van der Waals surface area (Å²) in [5, 5.41) is 49.5. The van der Waals surface area contributed by atoms with Crippen LogP contribution in [0.3, 0.4) is 0 Å². The number of nitrogens with one attached hydrogen (secondary N) is 2. The van der Waals surface area contributed by atoms with Gasteiger partial charge in [0.15, 0.2) is 11.6 Å². The SMILES string of the molecule is O=P(O)(O)C(CO)(COCc1nn[nH]n1)OC[C@H]1O[C@@H](c2ccc3c(NC4CCCC4)nc(Cl)nn23)[C@H](O)[C@@H]1O. The van der Waals surface area contributed by atoms with Crippen LogP contribution in [0, 0.1) is 0 Å². The van der Waals surface area contributed by atoms with Crippen LogP contribution in [0.4, 0.5) is 5.82 Å². The molecule has 0 radical (unpaired) electrons. The summed E-state index contributed by atoms with van der Waals surface area (Å²) in [4.78, 5) is 24.2. The number of anilines is 1. The molecule has 3 aromatic heterocycles. The number of fused-ring (bicyclic) bond motifs is 1. The minimum Gasteiger partial charge on any atom is -0.393 e. The van der Waals surface area contributed by atoms with Crippen LogP contribution in [-0.2, 0) is 25.4 Å². The molecule has 5 rings (SSSR count). The Hall–Kier alpha value is -2.31. The molecule has 3 aromatic rings. The first kappa shape index (κ1) is 29.2. The van der Waals surface area contributed by atoms with Gasteiger partial charge in [-0.15, -0.1) is 15.3 Å². The molecule has 0 amide bonds. The van der Waals surface area contributed by atoms with Crippen molar-refractivity contribution in [3.63, 3.8) is 0 Å². The second kappa shape index (κ2) is 11.9. The Morgan fingerprint density at radius 3 is 2.70 bits per heavy atom. The second-order valence-corrected chi connectivity index (χ2v) is 12.0. The van der Waals surface area contributed by atoms with E-state index < -0.39 is 57.2 Å². The van der Waals surface area contributed by atoms with E-state index in [1.54, 1.807) is 12.1 Å². The molecule has 0 spiro atoms. The Morgan fingerprint density at radius 2 is 2.02 bits per heavy atom. The van der Waals surface area contributed by atoms with Gasteiger partial charge in [0.2, 0.25) is 10.6 Å². The summed E-state index contributed by atoms with van der Waals surface area (Å²) in [6.07, 6.45) is -1.02. The van der Waals surface area contributed by atoms with Crippen molar-refractivity contribution >= 4 is 30.5 Å². The third-order valence-electron chi connectivity index (χ3n) is 7.11. The van der Waals surface area contributed by atoms with Crippen LogP contribution in [0.5, 0.6) is 0 Å². The van der Waals surface area contributed by atoms with E-state index in [1.807, 2.05) is 0 Å². The van der Waals surface area contributed by atoms with Gasteiger partial charge in [-0.1, -0.05) is 18.1 Å². The van der Waals surface area contributed by atoms with E-state index in [-0.39, 0.29) is 23.8 Å². The van der Waals surface area contributed by atoms with Gasteiger partial charge in [-0.3, -0.25) is 4.57 Å². The zero-order chi connectivity index (χ0) is 28.5. The van der Waals surface area contributed by atoms with Crippen LogP contribution < -0.4 is 5.32 Å². The molecule has 1 aliphatic heterocycles. The van der Waals surface area contributed by atoms with Gasteiger partial charge in [0.1, 0.15) is 36.5 Å². The van der Waals surface area contributed by atoms with Crippen molar-refractivity contribution in [2.45, 2.75) is 68.1 Å². The van der Waals surface area contributed by atoms with Gasteiger partial charge in [0.25, 0.3) is 0 Å². The Labute approximate surface area is 232 Å². The number of hydrogen-bond acceptors (Lipinski definition) is 13. The summed E-state index contributed by atoms with van der Waals surface area (Å²) in [6.45, 7) is -2.73. The molecule has 5 atom stereocenters. The molecule has 4 heterocycles. The third kappa shape index (κ3) is 5.85. The first-order valence-electron chi connectivity index (χ1n) is 12.6. The number of aliphatic hydroxyl groups is 3. The topological polar surface area (TPSA) is 243 Å². The number of H-pyrrole nitrogens is 1. The van der Waals surface area contributed by atoms with E-state index in [9.17, 15) is 29.7 Å². The van der Waals surface area contributed by atoms with Crippen LogP contribution in [0.1, 0.15) is 43.3 Å².